The second kappa shape index (κ2) is 6.03. The summed E-state index contributed by atoms with van der Waals surface area (Å²) in [6.45, 7) is 3.09. The normalized spacial score (nSPS) is 14.4. The summed E-state index contributed by atoms with van der Waals surface area (Å²) in [6.07, 6.45) is 7.89. The van der Waals surface area contributed by atoms with Gasteiger partial charge in [0, 0.05) is 25.4 Å². The Kier molecular flexibility index (Phi) is 3.72. The maximum absolute atomic E-state index is 12.6. The number of carbonyl (C=O) groups is 1. The van der Waals surface area contributed by atoms with Gasteiger partial charge in [0.15, 0.2) is 11.5 Å². The SMILES string of the molecule is Cc1nn2cccnc2c1C(=O)NCc1nnc2n1CCCCC2. The Morgan fingerprint density at radius 2 is 2.21 bits per heavy atom. The van der Waals surface area contributed by atoms with Gasteiger partial charge in [-0.3, -0.25) is 4.79 Å². The molecule has 0 atom stereocenters. The molecule has 4 heterocycles. The summed E-state index contributed by atoms with van der Waals surface area (Å²) >= 11 is 0. The Labute approximate surface area is 138 Å². The van der Waals surface area contributed by atoms with E-state index >= 15 is 0 Å². The molecule has 24 heavy (non-hydrogen) atoms. The highest BCUT2D eigenvalue weighted by Crippen LogP contribution is 2.15. The molecule has 0 radical (unpaired) electrons. The molecule has 8 nitrogen and oxygen atoms in total. The molecule has 3 aromatic heterocycles. The number of nitrogens with zero attached hydrogens (tertiary/aromatic N) is 6. The third-order valence-corrected chi connectivity index (χ3v) is 4.39. The van der Waals surface area contributed by atoms with Crippen LogP contribution in [0.3, 0.4) is 0 Å². The number of hydrogen-bond donors (Lipinski definition) is 1. The Morgan fingerprint density at radius 1 is 1.29 bits per heavy atom. The standard InChI is InChI=1S/C16H19N7O/c1-11-14(15-17-7-5-9-23(15)21-11)16(24)18-10-13-20-19-12-6-3-2-4-8-22(12)13/h5,7,9H,2-4,6,8,10H2,1H3,(H,18,24). The third kappa shape index (κ3) is 2.53. The van der Waals surface area contributed by atoms with E-state index in [0.717, 1.165) is 37.5 Å². The van der Waals surface area contributed by atoms with Gasteiger partial charge in [0.2, 0.25) is 0 Å². The number of nitrogens with one attached hydrogen (secondary N) is 1. The van der Waals surface area contributed by atoms with Crippen LogP contribution in [0.1, 0.15) is 47.0 Å². The quantitative estimate of drug-likeness (QED) is 0.783. The molecule has 0 spiro atoms. The van der Waals surface area contributed by atoms with Gasteiger partial charge in [0.1, 0.15) is 11.4 Å². The lowest BCUT2D eigenvalue weighted by molar-refractivity contribution is 0.0950. The van der Waals surface area contributed by atoms with Crippen molar-refractivity contribution in [3.8, 4) is 0 Å². The van der Waals surface area contributed by atoms with Gasteiger partial charge < -0.3 is 9.88 Å². The van der Waals surface area contributed by atoms with Crippen molar-refractivity contribution in [2.75, 3.05) is 0 Å². The van der Waals surface area contributed by atoms with Crippen molar-refractivity contribution in [2.24, 2.45) is 0 Å². The van der Waals surface area contributed by atoms with Crippen LogP contribution in [0.5, 0.6) is 0 Å². The van der Waals surface area contributed by atoms with E-state index in [1.165, 1.54) is 6.42 Å². The molecule has 8 heteroatoms. The average Bonchev–Trinajstić information content (AvgIpc) is 3.03. The van der Waals surface area contributed by atoms with Crippen molar-refractivity contribution in [3.05, 3.63) is 41.4 Å². The summed E-state index contributed by atoms with van der Waals surface area (Å²) in [5.74, 6) is 1.64. The van der Waals surface area contributed by atoms with Crippen molar-refractivity contribution < 1.29 is 4.79 Å². The Bertz CT molecular complexity index is 895. The number of rotatable bonds is 3. The predicted molar refractivity (Wildman–Crippen MR) is 86.5 cm³/mol. The number of amides is 1. The number of carbonyl (C=O) groups excluding carboxylic acids is 1. The van der Waals surface area contributed by atoms with E-state index in [-0.39, 0.29) is 5.91 Å². The summed E-state index contributed by atoms with van der Waals surface area (Å²) in [7, 11) is 0. The van der Waals surface area contributed by atoms with E-state index in [0.29, 0.717) is 23.4 Å². The minimum atomic E-state index is -0.188. The Balaban J connectivity index is 1.55. The molecular weight excluding hydrogens is 306 g/mol. The van der Waals surface area contributed by atoms with Crippen LogP contribution >= 0.6 is 0 Å². The first-order valence-corrected chi connectivity index (χ1v) is 8.23. The van der Waals surface area contributed by atoms with Crippen molar-refractivity contribution in [1.29, 1.82) is 0 Å². The van der Waals surface area contributed by atoms with E-state index in [2.05, 4.69) is 30.2 Å². The fraction of sp³-hybridized carbons (Fsp3) is 0.438. The minimum absolute atomic E-state index is 0.188. The van der Waals surface area contributed by atoms with Crippen molar-refractivity contribution in [3.63, 3.8) is 0 Å². The van der Waals surface area contributed by atoms with E-state index in [1.54, 1.807) is 23.0 Å². The zero-order valence-corrected chi connectivity index (χ0v) is 13.6. The molecule has 124 valence electrons. The van der Waals surface area contributed by atoms with Crippen LogP contribution in [0.25, 0.3) is 5.65 Å². The molecule has 1 aliphatic heterocycles. The van der Waals surface area contributed by atoms with E-state index in [4.69, 9.17) is 0 Å². The van der Waals surface area contributed by atoms with E-state index < -0.39 is 0 Å². The molecule has 0 aromatic carbocycles. The van der Waals surface area contributed by atoms with E-state index in [9.17, 15) is 4.79 Å². The number of hydrogen-bond acceptors (Lipinski definition) is 5. The summed E-state index contributed by atoms with van der Waals surface area (Å²) in [5.41, 5.74) is 1.73. The monoisotopic (exact) mass is 325 g/mol. The number of fused-ring (bicyclic) bond motifs is 2. The molecule has 0 aliphatic carbocycles. The van der Waals surface area contributed by atoms with Crippen molar-refractivity contribution >= 4 is 11.6 Å². The second-order valence-electron chi connectivity index (χ2n) is 6.03. The zero-order valence-electron chi connectivity index (χ0n) is 13.6. The lowest BCUT2D eigenvalue weighted by Crippen LogP contribution is -2.25. The van der Waals surface area contributed by atoms with Crippen LogP contribution in [0, 0.1) is 6.92 Å². The summed E-state index contributed by atoms with van der Waals surface area (Å²) in [5, 5.41) is 15.8. The predicted octanol–water partition coefficient (Wildman–Crippen LogP) is 1.29. The lowest BCUT2D eigenvalue weighted by atomic mass is 10.2. The maximum Gasteiger partial charge on any atom is 0.257 e. The van der Waals surface area contributed by atoms with Gasteiger partial charge in [0.05, 0.1) is 12.2 Å². The number of aryl methyl sites for hydroxylation is 2. The minimum Gasteiger partial charge on any atom is -0.345 e. The lowest BCUT2D eigenvalue weighted by Gasteiger charge is -2.08. The van der Waals surface area contributed by atoms with Gasteiger partial charge in [-0.1, -0.05) is 6.42 Å². The molecule has 0 saturated heterocycles. The van der Waals surface area contributed by atoms with Crippen molar-refractivity contribution in [2.45, 2.75) is 45.7 Å². The van der Waals surface area contributed by atoms with E-state index in [1.807, 2.05) is 6.92 Å². The molecule has 1 N–H and O–H groups in total. The van der Waals surface area contributed by atoms with Crippen LogP contribution in [-0.4, -0.2) is 35.3 Å². The Hall–Kier alpha value is -2.77. The van der Waals surface area contributed by atoms with Gasteiger partial charge in [-0.15, -0.1) is 10.2 Å². The molecule has 3 aromatic rings. The van der Waals surface area contributed by atoms with Gasteiger partial charge in [-0.2, -0.15) is 5.10 Å². The first-order valence-electron chi connectivity index (χ1n) is 8.23. The highest BCUT2D eigenvalue weighted by atomic mass is 16.1. The zero-order chi connectivity index (χ0) is 16.5. The average molecular weight is 325 g/mol. The van der Waals surface area contributed by atoms with Gasteiger partial charge in [-0.25, -0.2) is 9.50 Å². The third-order valence-electron chi connectivity index (χ3n) is 4.39. The van der Waals surface area contributed by atoms with Gasteiger partial charge in [0.25, 0.3) is 5.91 Å². The summed E-state index contributed by atoms with van der Waals surface area (Å²) in [6, 6.07) is 1.78. The largest absolute Gasteiger partial charge is 0.345 e. The smallest absolute Gasteiger partial charge is 0.257 e. The molecule has 4 rings (SSSR count). The Morgan fingerprint density at radius 3 is 3.12 bits per heavy atom. The number of aromatic nitrogens is 6. The maximum atomic E-state index is 12.6. The first-order chi connectivity index (χ1) is 11.7. The fourth-order valence-corrected chi connectivity index (χ4v) is 3.19. The molecule has 0 fully saturated rings. The highest BCUT2D eigenvalue weighted by Gasteiger charge is 2.20. The van der Waals surface area contributed by atoms with Crippen molar-refractivity contribution in [1.82, 2.24) is 34.7 Å². The van der Waals surface area contributed by atoms with Crippen LogP contribution < -0.4 is 5.32 Å². The van der Waals surface area contributed by atoms with Crippen LogP contribution in [0.15, 0.2) is 18.5 Å². The molecule has 1 aliphatic rings. The molecule has 0 bridgehead atoms. The summed E-state index contributed by atoms with van der Waals surface area (Å²) < 4.78 is 3.75. The topological polar surface area (TPSA) is 90.0 Å². The van der Waals surface area contributed by atoms with Crippen LogP contribution in [0.4, 0.5) is 0 Å². The second-order valence-corrected chi connectivity index (χ2v) is 6.03. The van der Waals surface area contributed by atoms with Crippen LogP contribution in [-0.2, 0) is 19.5 Å². The molecular formula is C16H19N7O. The fourth-order valence-electron chi connectivity index (χ4n) is 3.19. The molecule has 0 unspecified atom stereocenters. The highest BCUT2D eigenvalue weighted by molar-refractivity contribution is 6.00. The summed E-state index contributed by atoms with van der Waals surface area (Å²) in [4.78, 5) is 16.9. The molecule has 0 saturated carbocycles. The van der Waals surface area contributed by atoms with Gasteiger partial charge >= 0.3 is 0 Å². The molecule has 1 amide bonds. The van der Waals surface area contributed by atoms with Gasteiger partial charge in [-0.05, 0) is 25.8 Å². The first kappa shape index (κ1) is 14.8. The van der Waals surface area contributed by atoms with Crippen LogP contribution in [0.2, 0.25) is 0 Å².